The molecule has 0 N–H and O–H groups in total. The minimum atomic E-state index is -1.15. The van der Waals surface area contributed by atoms with Crippen molar-refractivity contribution in [2.45, 2.75) is 38.6 Å². The molecule has 8 nitrogen and oxygen atoms in total. The van der Waals surface area contributed by atoms with Crippen LogP contribution in [-0.4, -0.2) is 35.3 Å². The molecular formula is C35H30ClNO7. The van der Waals surface area contributed by atoms with Crippen molar-refractivity contribution in [1.82, 2.24) is 4.57 Å². The van der Waals surface area contributed by atoms with Gasteiger partial charge in [-0.3, -0.25) is 9.59 Å². The van der Waals surface area contributed by atoms with Gasteiger partial charge in [-0.2, -0.15) is 0 Å². The largest absolute Gasteiger partial charge is 0.496 e. The molecule has 0 saturated heterocycles. The Bertz CT molecular complexity index is 2080. The zero-order valence-corrected chi connectivity index (χ0v) is 25.6. The maximum Gasteiger partial charge on any atom is 0.331 e. The SMILES string of the molecule is COc1cc2c(c3c1c(=O)c1cc4ccccc4cc1n3C)[C@@H](OC(C)=O)[C@@H](OC(=O)/C=C/c1ccccc1Cl)C(C)(C)O2. The van der Waals surface area contributed by atoms with Crippen LogP contribution in [-0.2, 0) is 26.1 Å². The number of hydrogen-bond acceptors (Lipinski definition) is 7. The highest BCUT2D eigenvalue weighted by atomic mass is 35.5. The Morgan fingerprint density at radius 3 is 2.36 bits per heavy atom. The highest BCUT2D eigenvalue weighted by Crippen LogP contribution is 2.49. The number of carbonyl (C=O) groups excluding carboxylic acids is 2. The quantitative estimate of drug-likeness (QED) is 0.121. The average molecular weight is 612 g/mol. The van der Waals surface area contributed by atoms with Crippen molar-refractivity contribution in [3.05, 3.63) is 99.2 Å². The molecule has 6 rings (SSSR count). The van der Waals surface area contributed by atoms with Crippen molar-refractivity contribution in [1.29, 1.82) is 0 Å². The molecule has 0 unspecified atom stereocenters. The van der Waals surface area contributed by atoms with Crippen LogP contribution in [0.3, 0.4) is 0 Å². The molecule has 0 fully saturated rings. The first-order chi connectivity index (χ1) is 21.0. The van der Waals surface area contributed by atoms with Crippen LogP contribution < -0.4 is 14.9 Å². The van der Waals surface area contributed by atoms with Crippen molar-refractivity contribution in [3.63, 3.8) is 0 Å². The highest BCUT2D eigenvalue weighted by Gasteiger charge is 2.50. The van der Waals surface area contributed by atoms with E-state index >= 15 is 0 Å². The molecule has 2 atom stereocenters. The van der Waals surface area contributed by atoms with E-state index in [-0.39, 0.29) is 5.43 Å². The maximum absolute atomic E-state index is 14.2. The number of pyridine rings is 1. The number of carbonyl (C=O) groups is 2. The van der Waals surface area contributed by atoms with Crippen molar-refractivity contribution >= 4 is 62.2 Å². The number of esters is 2. The number of aromatic nitrogens is 1. The smallest absolute Gasteiger partial charge is 0.331 e. The minimum absolute atomic E-state index is 0.249. The Hall–Kier alpha value is -4.82. The van der Waals surface area contributed by atoms with Gasteiger partial charge in [0.1, 0.15) is 17.1 Å². The van der Waals surface area contributed by atoms with E-state index < -0.39 is 29.7 Å². The molecule has 224 valence electrons. The zero-order chi connectivity index (χ0) is 31.3. The van der Waals surface area contributed by atoms with Crippen LogP contribution in [0, 0.1) is 0 Å². The monoisotopic (exact) mass is 611 g/mol. The molecule has 0 spiro atoms. The summed E-state index contributed by atoms with van der Waals surface area (Å²) < 4.78 is 25.9. The van der Waals surface area contributed by atoms with Crippen LogP contribution in [0.25, 0.3) is 38.7 Å². The van der Waals surface area contributed by atoms with Gasteiger partial charge in [0.25, 0.3) is 0 Å². The summed E-state index contributed by atoms with van der Waals surface area (Å²) in [6.45, 7) is 4.76. The van der Waals surface area contributed by atoms with Gasteiger partial charge < -0.3 is 23.5 Å². The number of hydrogen-bond donors (Lipinski definition) is 0. The van der Waals surface area contributed by atoms with E-state index in [2.05, 4.69) is 0 Å². The van der Waals surface area contributed by atoms with Crippen molar-refractivity contribution < 1.29 is 28.5 Å². The minimum Gasteiger partial charge on any atom is -0.496 e. The summed E-state index contributed by atoms with van der Waals surface area (Å²) in [4.78, 5) is 39.9. The molecule has 2 heterocycles. The van der Waals surface area contributed by atoms with E-state index in [1.165, 1.54) is 20.1 Å². The lowest BCUT2D eigenvalue weighted by Gasteiger charge is -2.43. The van der Waals surface area contributed by atoms with Gasteiger partial charge in [-0.25, -0.2) is 4.79 Å². The Morgan fingerprint density at radius 2 is 1.68 bits per heavy atom. The highest BCUT2D eigenvalue weighted by molar-refractivity contribution is 6.32. The van der Waals surface area contributed by atoms with Gasteiger partial charge in [-0.1, -0.05) is 54.1 Å². The number of methoxy groups -OCH3 is 1. The summed E-state index contributed by atoms with van der Waals surface area (Å²) in [6.07, 6.45) is 0.622. The van der Waals surface area contributed by atoms with Crippen molar-refractivity contribution in [2.24, 2.45) is 7.05 Å². The predicted octanol–water partition coefficient (Wildman–Crippen LogP) is 6.91. The van der Waals surface area contributed by atoms with Crippen LogP contribution in [0.4, 0.5) is 0 Å². The fourth-order valence-corrected chi connectivity index (χ4v) is 6.16. The average Bonchev–Trinajstić information content (AvgIpc) is 2.99. The molecular weight excluding hydrogens is 582 g/mol. The fourth-order valence-electron chi connectivity index (χ4n) is 5.96. The number of rotatable bonds is 5. The van der Waals surface area contributed by atoms with E-state index in [4.69, 9.17) is 30.5 Å². The van der Waals surface area contributed by atoms with Gasteiger partial charge in [-0.05, 0) is 54.5 Å². The van der Waals surface area contributed by atoms with Gasteiger partial charge in [0.2, 0.25) is 5.43 Å². The van der Waals surface area contributed by atoms with E-state index in [1.54, 1.807) is 50.3 Å². The van der Waals surface area contributed by atoms with Gasteiger partial charge in [0, 0.05) is 36.5 Å². The second kappa shape index (κ2) is 11.0. The van der Waals surface area contributed by atoms with Crippen LogP contribution in [0.15, 0.2) is 77.6 Å². The van der Waals surface area contributed by atoms with Crippen molar-refractivity contribution in [2.75, 3.05) is 7.11 Å². The Balaban J connectivity index is 1.57. The fraction of sp³-hybridized carbons (Fsp3) is 0.229. The number of aryl methyl sites for hydroxylation is 1. The van der Waals surface area contributed by atoms with Crippen molar-refractivity contribution in [3.8, 4) is 11.5 Å². The lowest BCUT2D eigenvalue weighted by molar-refractivity contribution is -0.185. The molecule has 1 aromatic heterocycles. The van der Waals surface area contributed by atoms with E-state index in [0.717, 1.165) is 10.8 Å². The summed E-state index contributed by atoms with van der Waals surface area (Å²) in [5, 5.41) is 3.16. The van der Waals surface area contributed by atoms with Crippen LogP contribution in [0.1, 0.15) is 38.0 Å². The van der Waals surface area contributed by atoms with E-state index in [1.807, 2.05) is 48.0 Å². The van der Waals surface area contributed by atoms with E-state index in [9.17, 15) is 14.4 Å². The third kappa shape index (κ3) is 4.95. The normalized spacial score (nSPS) is 17.4. The van der Waals surface area contributed by atoms with Gasteiger partial charge in [0.05, 0.1) is 29.1 Å². The van der Waals surface area contributed by atoms with Gasteiger partial charge in [-0.15, -0.1) is 0 Å². The third-order valence-corrected chi connectivity index (χ3v) is 8.32. The van der Waals surface area contributed by atoms with Crippen LogP contribution in [0.2, 0.25) is 5.02 Å². The number of halogens is 1. The third-order valence-electron chi connectivity index (χ3n) is 7.98. The second-order valence-corrected chi connectivity index (χ2v) is 11.7. The lowest BCUT2D eigenvalue weighted by atomic mass is 9.86. The van der Waals surface area contributed by atoms with Crippen LogP contribution >= 0.6 is 11.6 Å². The Labute approximate surface area is 258 Å². The Morgan fingerprint density at radius 1 is 1.00 bits per heavy atom. The lowest BCUT2D eigenvalue weighted by Crippen LogP contribution is -2.52. The summed E-state index contributed by atoms with van der Waals surface area (Å²) in [5.74, 6) is -0.618. The first-order valence-electron chi connectivity index (χ1n) is 14.1. The molecule has 0 aliphatic carbocycles. The molecule has 4 aromatic carbocycles. The molecule has 44 heavy (non-hydrogen) atoms. The zero-order valence-electron chi connectivity index (χ0n) is 24.8. The van der Waals surface area contributed by atoms with Crippen LogP contribution in [0.5, 0.6) is 11.5 Å². The summed E-state index contributed by atoms with van der Waals surface area (Å²) in [5.41, 5.74) is 0.755. The molecule has 1 aliphatic rings. The number of ether oxygens (including phenoxy) is 4. The molecule has 1 aliphatic heterocycles. The number of fused-ring (bicyclic) bond motifs is 5. The topological polar surface area (TPSA) is 93.1 Å². The second-order valence-electron chi connectivity index (χ2n) is 11.3. The molecule has 0 amide bonds. The summed E-state index contributed by atoms with van der Waals surface area (Å²) in [7, 11) is 3.31. The first-order valence-corrected chi connectivity index (χ1v) is 14.4. The van der Waals surface area contributed by atoms with Gasteiger partial charge >= 0.3 is 11.9 Å². The number of benzene rings is 4. The maximum atomic E-state index is 14.2. The standard InChI is InChI=1S/C35H30ClNO7/c1-19(38)42-33-30-27(44-35(2,3)34(33)43-28(39)15-14-20-10-8-9-13-24(20)36)18-26(41-5)29-31(30)37(4)25-17-22-12-7-6-11-21(22)16-23(25)32(29)40/h6-18,33-34H,1-5H3/b15-14+/t33-,34-/m1/s1. The Kier molecular flexibility index (Phi) is 7.33. The molecule has 0 bridgehead atoms. The molecule has 0 saturated carbocycles. The first kappa shape index (κ1) is 29.3. The number of nitrogens with zero attached hydrogens (tertiary/aromatic N) is 1. The predicted molar refractivity (Wildman–Crippen MR) is 170 cm³/mol. The molecule has 5 aromatic rings. The molecule has 0 radical (unpaired) electrons. The van der Waals surface area contributed by atoms with Gasteiger partial charge in [0.15, 0.2) is 12.2 Å². The summed E-state index contributed by atoms with van der Waals surface area (Å²) >= 11 is 6.24. The molecule has 9 heteroatoms. The summed E-state index contributed by atoms with van der Waals surface area (Å²) in [6, 6.07) is 20.3. The van der Waals surface area contributed by atoms with E-state index in [0.29, 0.717) is 49.5 Å².